The third-order valence-electron chi connectivity index (χ3n) is 8.88. The Balaban J connectivity index is 1.52. The monoisotopic (exact) mass is 576 g/mol. The number of anilines is 1. The van der Waals surface area contributed by atoms with Gasteiger partial charge in [-0.25, -0.2) is 18.4 Å². The number of rotatable bonds is 5. The molecular formula is C34H32N4O3S. The maximum atomic E-state index is 13.2. The SMILES string of the molecule is Cc1nc(-c2cccc(-c3cccc(NS(C)(=O)=O)c3)c2)c2c(n1)[C@@]1(c3ccccc3)CC(C#N)C(=O)[C@@H](C)[C@@H]1CC2. The maximum Gasteiger partial charge on any atom is 0.229 e. The standard InChI is InChI=1S/C34H32N4O3S/c1-21-30-16-15-29-31(25-11-7-9-23(17-25)24-10-8-14-28(18-24)38-42(3,40)41)36-22(2)37-33(29)34(30,19-26(20-35)32(21)39)27-12-5-4-6-13-27/h4-14,17-18,21,26,30,38H,15-16,19H2,1-3H3/t21-,26?,30-,34+/m0/s1. The number of aromatic nitrogens is 2. The molecular weight excluding hydrogens is 544 g/mol. The quantitative estimate of drug-likeness (QED) is 0.308. The summed E-state index contributed by atoms with van der Waals surface area (Å²) in [5, 5.41) is 10.0. The highest BCUT2D eigenvalue weighted by atomic mass is 32.2. The Morgan fingerprint density at radius 1 is 0.952 bits per heavy atom. The van der Waals surface area contributed by atoms with Gasteiger partial charge in [0.25, 0.3) is 0 Å². The molecule has 1 heterocycles. The lowest BCUT2D eigenvalue weighted by molar-refractivity contribution is -0.131. The normalized spacial score (nSPS) is 23.4. The van der Waals surface area contributed by atoms with Gasteiger partial charge in [0.05, 0.1) is 23.7 Å². The number of carbonyl (C=O) groups excluding carboxylic acids is 1. The summed E-state index contributed by atoms with van der Waals surface area (Å²) in [5.74, 6) is -0.252. The molecule has 2 aliphatic carbocycles. The van der Waals surface area contributed by atoms with Crippen molar-refractivity contribution in [2.75, 3.05) is 11.0 Å². The van der Waals surface area contributed by atoms with E-state index in [0.29, 0.717) is 17.9 Å². The van der Waals surface area contributed by atoms with Crippen LogP contribution in [0.3, 0.4) is 0 Å². The molecule has 2 aliphatic rings. The minimum absolute atomic E-state index is 0.0306. The van der Waals surface area contributed by atoms with E-state index in [4.69, 9.17) is 9.97 Å². The van der Waals surface area contributed by atoms with Crippen LogP contribution in [0.2, 0.25) is 0 Å². The van der Waals surface area contributed by atoms with Gasteiger partial charge in [-0.1, -0.05) is 67.6 Å². The van der Waals surface area contributed by atoms with E-state index >= 15 is 0 Å². The van der Waals surface area contributed by atoms with Crippen molar-refractivity contribution in [2.45, 2.75) is 38.5 Å². The average molecular weight is 577 g/mol. The van der Waals surface area contributed by atoms with E-state index in [1.165, 1.54) is 0 Å². The summed E-state index contributed by atoms with van der Waals surface area (Å²) in [6.45, 7) is 3.87. The fourth-order valence-electron chi connectivity index (χ4n) is 7.16. The van der Waals surface area contributed by atoms with Gasteiger partial charge in [0.2, 0.25) is 10.0 Å². The number of ketones is 1. The molecule has 3 aromatic carbocycles. The number of hydrogen-bond donors (Lipinski definition) is 1. The van der Waals surface area contributed by atoms with E-state index in [0.717, 1.165) is 58.3 Å². The number of nitrogens with one attached hydrogen (secondary N) is 1. The average Bonchev–Trinajstić information content (AvgIpc) is 2.98. The summed E-state index contributed by atoms with van der Waals surface area (Å²) in [5.41, 5.74) is 6.60. The van der Waals surface area contributed by atoms with Gasteiger partial charge < -0.3 is 0 Å². The first-order chi connectivity index (χ1) is 20.1. The van der Waals surface area contributed by atoms with Crippen LogP contribution in [0.5, 0.6) is 0 Å². The molecule has 4 aromatic rings. The van der Waals surface area contributed by atoms with Crippen LogP contribution in [0.4, 0.5) is 5.69 Å². The number of benzene rings is 3. The van der Waals surface area contributed by atoms with Gasteiger partial charge in [0.15, 0.2) is 5.78 Å². The molecule has 0 amide bonds. The molecule has 0 saturated heterocycles. The molecule has 0 bridgehead atoms. The maximum absolute atomic E-state index is 13.2. The van der Waals surface area contributed by atoms with E-state index in [9.17, 15) is 18.5 Å². The molecule has 4 atom stereocenters. The third kappa shape index (κ3) is 4.78. The number of carbonyl (C=O) groups is 1. The highest BCUT2D eigenvalue weighted by Gasteiger charge is 2.56. The highest BCUT2D eigenvalue weighted by Crippen LogP contribution is 2.56. The van der Waals surface area contributed by atoms with E-state index in [-0.39, 0.29) is 17.6 Å². The predicted octanol–water partition coefficient (Wildman–Crippen LogP) is 6.09. The Labute approximate surface area is 246 Å². The van der Waals surface area contributed by atoms with Gasteiger partial charge >= 0.3 is 0 Å². The molecule has 1 N–H and O–H groups in total. The molecule has 0 aliphatic heterocycles. The van der Waals surface area contributed by atoms with Gasteiger partial charge in [-0.15, -0.1) is 0 Å². The van der Waals surface area contributed by atoms with Gasteiger partial charge in [0.1, 0.15) is 11.7 Å². The van der Waals surface area contributed by atoms with Crippen molar-refractivity contribution in [3.63, 3.8) is 0 Å². The smallest absolute Gasteiger partial charge is 0.229 e. The largest absolute Gasteiger partial charge is 0.298 e. The number of hydrogen-bond acceptors (Lipinski definition) is 6. The first kappa shape index (κ1) is 27.8. The Morgan fingerprint density at radius 3 is 2.36 bits per heavy atom. The van der Waals surface area contributed by atoms with Crippen molar-refractivity contribution in [2.24, 2.45) is 17.8 Å². The molecule has 1 fully saturated rings. The lowest BCUT2D eigenvalue weighted by atomic mass is 9.50. The third-order valence-corrected chi connectivity index (χ3v) is 9.49. The second kappa shape index (κ2) is 10.5. The fourth-order valence-corrected chi connectivity index (χ4v) is 7.72. The summed E-state index contributed by atoms with van der Waals surface area (Å²) < 4.78 is 26.2. The molecule has 212 valence electrons. The fraction of sp³-hybridized carbons (Fsp3) is 0.294. The molecule has 1 saturated carbocycles. The Hall–Kier alpha value is -4.35. The van der Waals surface area contributed by atoms with Gasteiger partial charge in [-0.2, -0.15) is 5.26 Å². The first-order valence-electron chi connectivity index (χ1n) is 14.2. The molecule has 1 unspecified atom stereocenters. The first-order valence-corrected chi connectivity index (χ1v) is 16.1. The van der Waals surface area contributed by atoms with Crippen LogP contribution < -0.4 is 4.72 Å². The predicted molar refractivity (Wildman–Crippen MR) is 163 cm³/mol. The van der Waals surface area contributed by atoms with Crippen molar-refractivity contribution >= 4 is 21.5 Å². The number of nitrogens with zero attached hydrogens (tertiary/aromatic N) is 3. The summed E-state index contributed by atoms with van der Waals surface area (Å²) in [7, 11) is -3.40. The van der Waals surface area contributed by atoms with Crippen molar-refractivity contribution in [3.8, 4) is 28.5 Å². The van der Waals surface area contributed by atoms with Crippen molar-refractivity contribution in [3.05, 3.63) is 102 Å². The van der Waals surface area contributed by atoms with Crippen LogP contribution in [-0.4, -0.2) is 30.4 Å². The number of fused-ring (bicyclic) bond motifs is 3. The van der Waals surface area contributed by atoms with Gasteiger partial charge in [0, 0.05) is 28.1 Å². The summed E-state index contributed by atoms with van der Waals surface area (Å²) in [4.78, 5) is 23.3. The number of Topliss-reactive ketones (excluding diaryl/α,β-unsaturated/α-hetero) is 1. The number of sulfonamides is 1. The molecule has 8 heteroatoms. The highest BCUT2D eigenvalue weighted by molar-refractivity contribution is 7.92. The second-order valence-electron chi connectivity index (χ2n) is 11.5. The van der Waals surface area contributed by atoms with Crippen LogP contribution in [0.25, 0.3) is 22.4 Å². The Bertz CT molecular complexity index is 1850. The van der Waals surface area contributed by atoms with Gasteiger partial charge in [-0.05, 0) is 67.0 Å². The lowest BCUT2D eigenvalue weighted by Crippen LogP contribution is -2.53. The van der Waals surface area contributed by atoms with Crippen LogP contribution in [0.1, 0.15) is 42.4 Å². The minimum Gasteiger partial charge on any atom is -0.298 e. The van der Waals surface area contributed by atoms with Crippen molar-refractivity contribution < 1.29 is 13.2 Å². The Morgan fingerprint density at radius 2 is 1.64 bits per heavy atom. The topological polar surface area (TPSA) is 113 Å². The van der Waals surface area contributed by atoms with Crippen LogP contribution >= 0.6 is 0 Å². The van der Waals surface area contributed by atoms with Gasteiger partial charge in [-0.3, -0.25) is 9.52 Å². The van der Waals surface area contributed by atoms with E-state index in [1.54, 1.807) is 6.07 Å². The molecule has 7 nitrogen and oxygen atoms in total. The molecule has 0 radical (unpaired) electrons. The number of nitriles is 1. The zero-order chi connectivity index (χ0) is 29.6. The van der Waals surface area contributed by atoms with Crippen molar-refractivity contribution in [1.82, 2.24) is 9.97 Å². The zero-order valence-corrected chi connectivity index (χ0v) is 24.7. The van der Waals surface area contributed by atoms with Crippen LogP contribution in [-0.2, 0) is 26.7 Å². The minimum atomic E-state index is -3.40. The van der Waals surface area contributed by atoms with Crippen LogP contribution in [0, 0.1) is 36.0 Å². The van der Waals surface area contributed by atoms with Crippen molar-refractivity contribution in [1.29, 1.82) is 5.26 Å². The Kier molecular flexibility index (Phi) is 6.94. The zero-order valence-electron chi connectivity index (χ0n) is 23.8. The van der Waals surface area contributed by atoms with Crippen LogP contribution in [0.15, 0.2) is 78.9 Å². The van der Waals surface area contributed by atoms with E-state index in [2.05, 4.69) is 29.0 Å². The second-order valence-corrected chi connectivity index (χ2v) is 13.3. The van der Waals surface area contributed by atoms with E-state index in [1.807, 2.05) is 68.4 Å². The molecule has 42 heavy (non-hydrogen) atoms. The molecule has 6 rings (SSSR count). The molecule has 0 spiro atoms. The summed E-state index contributed by atoms with van der Waals surface area (Å²) >= 11 is 0. The van der Waals surface area contributed by atoms with E-state index < -0.39 is 21.4 Å². The molecule has 1 aromatic heterocycles. The summed E-state index contributed by atoms with van der Waals surface area (Å²) in [6.07, 6.45) is 3.07. The number of aryl methyl sites for hydroxylation is 1. The lowest BCUT2D eigenvalue weighted by Gasteiger charge is -2.51. The summed E-state index contributed by atoms with van der Waals surface area (Å²) in [6, 6.07) is 28.0.